The van der Waals surface area contributed by atoms with Gasteiger partial charge in [0.15, 0.2) is 22.7 Å². The minimum atomic E-state index is -0.590. The van der Waals surface area contributed by atoms with E-state index in [-0.39, 0.29) is 28.6 Å². The van der Waals surface area contributed by atoms with E-state index >= 15 is 0 Å². The predicted molar refractivity (Wildman–Crippen MR) is 159 cm³/mol. The van der Waals surface area contributed by atoms with Crippen molar-refractivity contribution >= 4 is 28.3 Å². The van der Waals surface area contributed by atoms with E-state index in [4.69, 9.17) is 25.8 Å². The molecule has 8 nitrogen and oxygen atoms in total. The van der Waals surface area contributed by atoms with Gasteiger partial charge in [-0.15, -0.1) is 0 Å². The van der Waals surface area contributed by atoms with Crippen LogP contribution in [-0.2, 0) is 6.42 Å². The fraction of sp³-hybridized carbons (Fsp3) is 0.188. The number of ketones is 1. The highest BCUT2D eigenvalue weighted by molar-refractivity contribution is 6.31. The van der Waals surface area contributed by atoms with Crippen molar-refractivity contribution in [3.05, 3.63) is 106 Å². The van der Waals surface area contributed by atoms with Gasteiger partial charge in [-0.3, -0.25) is 19.6 Å². The highest BCUT2D eigenvalue weighted by Gasteiger charge is 2.19. The largest absolute Gasteiger partial charge is 0.493 e. The molecule has 0 fully saturated rings. The molecule has 0 aliphatic carbocycles. The zero-order valence-corrected chi connectivity index (χ0v) is 24.1. The lowest BCUT2D eigenvalue weighted by Gasteiger charge is -2.15. The van der Waals surface area contributed by atoms with Gasteiger partial charge in [0.05, 0.1) is 42.9 Å². The first kappa shape index (κ1) is 28.8. The van der Waals surface area contributed by atoms with E-state index in [1.54, 1.807) is 67.7 Å². The molecule has 2 aromatic carbocycles. The smallest absolute Gasteiger partial charge is 0.200 e. The molecule has 5 rings (SSSR count). The average Bonchev–Trinajstić information content (AvgIpc) is 2.99. The van der Waals surface area contributed by atoms with Gasteiger partial charge in [-0.25, -0.2) is 4.39 Å². The molecule has 0 bridgehead atoms. The molecule has 5 aromatic rings. The van der Waals surface area contributed by atoms with E-state index in [0.29, 0.717) is 39.8 Å². The highest BCUT2D eigenvalue weighted by Crippen LogP contribution is 2.36. The monoisotopic (exact) mass is 587 g/mol. The Bertz CT molecular complexity index is 1850. The van der Waals surface area contributed by atoms with Gasteiger partial charge in [0, 0.05) is 47.3 Å². The lowest BCUT2D eigenvalue weighted by Crippen LogP contribution is -2.22. The molecule has 3 aromatic heterocycles. The van der Waals surface area contributed by atoms with Crippen molar-refractivity contribution in [3.63, 3.8) is 0 Å². The third-order valence-electron chi connectivity index (χ3n) is 6.75. The molecule has 0 unspecified atom stereocenters. The lowest BCUT2D eigenvalue weighted by molar-refractivity contribution is 0.0990. The molecule has 42 heavy (non-hydrogen) atoms. The van der Waals surface area contributed by atoms with Crippen molar-refractivity contribution in [2.75, 3.05) is 14.2 Å². The summed E-state index contributed by atoms with van der Waals surface area (Å²) in [7, 11) is 3.11. The topological polar surface area (TPSA) is 92.5 Å². The number of ether oxygens (including phenoxy) is 3. The van der Waals surface area contributed by atoms with Crippen molar-refractivity contribution in [3.8, 4) is 34.1 Å². The number of hydrogen-bond acceptors (Lipinski definition) is 7. The van der Waals surface area contributed by atoms with Gasteiger partial charge in [-0.05, 0) is 55.8 Å². The second-order valence-corrected chi connectivity index (χ2v) is 10.2. The Morgan fingerprint density at radius 2 is 1.74 bits per heavy atom. The van der Waals surface area contributed by atoms with Crippen molar-refractivity contribution in [1.29, 1.82) is 0 Å². The lowest BCUT2D eigenvalue weighted by atomic mass is 10.0. The van der Waals surface area contributed by atoms with Crippen LogP contribution in [-0.4, -0.2) is 34.5 Å². The summed E-state index contributed by atoms with van der Waals surface area (Å²) < 4.78 is 32.4. The van der Waals surface area contributed by atoms with Crippen LogP contribution in [0.5, 0.6) is 23.0 Å². The minimum Gasteiger partial charge on any atom is -0.493 e. The number of pyridine rings is 3. The van der Waals surface area contributed by atoms with Crippen LogP contribution in [0.3, 0.4) is 0 Å². The maximum Gasteiger partial charge on any atom is 0.200 e. The second kappa shape index (κ2) is 12.0. The number of methoxy groups -OCH3 is 2. The summed E-state index contributed by atoms with van der Waals surface area (Å²) in [6.45, 7) is 3.86. The van der Waals surface area contributed by atoms with Crippen molar-refractivity contribution in [2.45, 2.75) is 26.3 Å². The summed E-state index contributed by atoms with van der Waals surface area (Å²) in [5.74, 6) is 1.10. The number of aromatic nitrogens is 3. The molecule has 0 saturated heterocycles. The number of nitrogens with zero attached hydrogens (tertiary/aromatic N) is 3. The van der Waals surface area contributed by atoms with Crippen LogP contribution in [0, 0.1) is 5.82 Å². The number of halogens is 2. The number of rotatable bonds is 9. The molecule has 214 valence electrons. The summed E-state index contributed by atoms with van der Waals surface area (Å²) in [6.07, 6.45) is 6.23. The van der Waals surface area contributed by atoms with Crippen molar-refractivity contribution in [2.24, 2.45) is 0 Å². The number of carbonyl (C=O) groups is 1. The molecule has 0 amide bonds. The maximum atomic E-state index is 13.8. The fourth-order valence-corrected chi connectivity index (χ4v) is 4.64. The van der Waals surface area contributed by atoms with Gasteiger partial charge >= 0.3 is 0 Å². The fourth-order valence-electron chi connectivity index (χ4n) is 4.46. The maximum absolute atomic E-state index is 13.8. The van der Waals surface area contributed by atoms with Crippen LogP contribution in [0.1, 0.15) is 35.9 Å². The molecule has 0 radical (unpaired) electrons. The van der Waals surface area contributed by atoms with E-state index in [1.807, 2.05) is 13.8 Å². The number of Topliss-reactive ketones (excluding diaryl/α,β-unsaturated/α-hetero) is 1. The van der Waals surface area contributed by atoms with Gasteiger partial charge in [0.25, 0.3) is 0 Å². The Morgan fingerprint density at radius 3 is 2.40 bits per heavy atom. The van der Waals surface area contributed by atoms with Gasteiger partial charge in [0.1, 0.15) is 17.3 Å². The van der Waals surface area contributed by atoms with Crippen LogP contribution < -0.4 is 19.6 Å². The first-order chi connectivity index (χ1) is 20.2. The molecule has 0 N–H and O–H groups in total. The zero-order chi connectivity index (χ0) is 30.0. The summed E-state index contributed by atoms with van der Waals surface area (Å²) >= 11 is 5.96. The van der Waals surface area contributed by atoms with Crippen LogP contribution in [0.25, 0.3) is 22.0 Å². The number of hydrogen-bond donors (Lipinski definition) is 0. The van der Waals surface area contributed by atoms with Crippen LogP contribution >= 0.6 is 11.6 Å². The Kier molecular flexibility index (Phi) is 8.22. The van der Waals surface area contributed by atoms with Gasteiger partial charge in [-0.2, -0.15) is 0 Å². The first-order valence-electron chi connectivity index (χ1n) is 13.1. The molecule has 0 spiro atoms. The van der Waals surface area contributed by atoms with Crippen LogP contribution in [0.15, 0.2) is 78.1 Å². The number of fused-ring (bicyclic) bond motifs is 1. The molecular formula is C32H27ClFN3O5. The Labute approximate surface area is 246 Å². The second-order valence-electron chi connectivity index (χ2n) is 9.81. The molecule has 0 aliphatic heterocycles. The average molecular weight is 588 g/mol. The first-order valence-corrected chi connectivity index (χ1v) is 13.4. The van der Waals surface area contributed by atoms with Gasteiger partial charge in [0.2, 0.25) is 0 Å². The third-order valence-corrected chi connectivity index (χ3v) is 7.04. The molecule has 0 atom stereocenters. The third kappa shape index (κ3) is 5.82. The summed E-state index contributed by atoms with van der Waals surface area (Å²) in [5.41, 5.74) is 1.36. The van der Waals surface area contributed by atoms with Crippen LogP contribution in [0.4, 0.5) is 4.39 Å². The molecule has 0 saturated carbocycles. The zero-order valence-electron chi connectivity index (χ0n) is 23.4. The Morgan fingerprint density at radius 1 is 0.976 bits per heavy atom. The molecular weight excluding hydrogens is 561 g/mol. The summed E-state index contributed by atoms with van der Waals surface area (Å²) in [4.78, 5) is 35.5. The number of benzene rings is 2. The van der Waals surface area contributed by atoms with Crippen LogP contribution in [0.2, 0.25) is 5.02 Å². The van der Waals surface area contributed by atoms with Gasteiger partial charge in [-0.1, -0.05) is 17.7 Å². The Balaban J connectivity index is 1.40. The quantitative estimate of drug-likeness (QED) is 0.170. The van der Waals surface area contributed by atoms with Crippen molar-refractivity contribution < 1.29 is 23.4 Å². The summed E-state index contributed by atoms with van der Waals surface area (Å²) in [6, 6.07) is 12.7. The van der Waals surface area contributed by atoms with E-state index in [0.717, 1.165) is 5.39 Å². The molecule has 0 aliphatic rings. The van der Waals surface area contributed by atoms with Gasteiger partial charge < -0.3 is 18.8 Å². The molecule has 3 heterocycles. The summed E-state index contributed by atoms with van der Waals surface area (Å²) in [5, 5.41) is 0.614. The van der Waals surface area contributed by atoms with Crippen molar-refractivity contribution in [1.82, 2.24) is 14.5 Å². The van der Waals surface area contributed by atoms with E-state index in [9.17, 15) is 14.0 Å². The van der Waals surface area contributed by atoms with E-state index in [1.165, 1.54) is 24.4 Å². The SMILES string of the molecule is COc1cc2nccc(Oc3ccc(CC(=O)c4cn(C(C)C)cc(-c5ccc(F)c(Cl)c5)c4=O)nc3)c2cc1OC. The van der Waals surface area contributed by atoms with E-state index < -0.39 is 17.0 Å². The van der Waals surface area contributed by atoms with E-state index in [2.05, 4.69) is 9.97 Å². The molecule has 10 heteroatoms. The number of carbonyl (C=O) groups excluding carboxylic acids is 1. The highest BCUT2D eigenvalue weighted by atomic mass is 35.5. The predicted octanol–water partition coefficient (Wildman–Crippen LogP) is 7.07. The normalized spacial score (nSPS) is 11.1. The minimum absolute atomic E-state index is 0.0106. The Hall–Kier alpha value is -4.76. The standard InChI is InChI=1S/C32H27ClFN3O5/c1-18(2)37-16-23(19-5-8-26(34)25(33)11-19)32(39)24(17-37)28(38)12-20-6-7-21(15-36-20)42-29-9-10-35-27-14-31(41-4)30(40-3)13-22(27)29/h5-11,13-18H,12H2,1-4H3.